The van der Waals surface area contributed by atoms with Crippen LogP contribution in [0, 0.1) is 0 Å². The van der Waals surface area contributed by atoms with Crippen LogP contribution < -0.4 is 0 Å². The van der Waals surface area contributed by atoms with Crippen molar-refractivity contribution in [1.29, 1.82) is 0 Å². The van der Waals surface area contributed by atoms with Gasteiger partial charge in [-0.15, -0.1) is 0 Å². The summed E-state index contributed by atoms with van der Waals surface area (Å²) in [5.41, 5.74) is 0. The van der Waals surface area contributed by atoms with E-state index < -0.39 is 7.82 Å². The van der Waals surface area contributed by atoms with E-state index in [1.807, 2.05) is 28.1 Å². The molecule has 0 aliphatic carbocycles. The highest BCUT2D eigenvalue weighted by Gasteiger charge is 2.27. The van der Waals surface area contributed by atoms with Crippen LogP contribution >= 0.6 is 7.82 Å². The average molecular weight is 451 g/mol. The maximum atomic E-state index is 12.0. The van der Waals surface area contributed by atoms with Crippen molar-refractivity contribution in [2.24, 2.45) is 0 Å². The molecule has 0 spiro atoms. The lowest BCUT2D eigenvalue weighted by atomic mass is 10.0. The molecule has 6 heteroatoms. The predicted octanol–water partition coefficient (Wildman–Crippen LogP) is 7.48. The molecule has 0 rings (SSSR count). The van der Waals surface area contributed by atoms with Crippen LogP contribution in [0.25, 0.3) is 0 Å². The van der Waals surface area contributed by atoms with Gasteiger partial charge in [0.2, 0.25) is 0 Å². The standard InChI is InChI=1S/C24H52NO4P/c1-6-7-8-9-10-11-12-13-14-15-16-17-18-19-20-21-22-28-30(26,27)29-24(2)23-25(3,4)5/h24H,6-23H2,1-5H3/p+1. The first-order valence-corrected chi connectivity index (χ1v) is 14.1. The molecule has 2 unspecified atom stereocenters. The molecular formula is C24H53NO4P+. The normalized spacial score (nSPS) is 15.3. The first-order valence-electron chi connectivity index (χ1n) is 12.6. The van der Waals surface area contributed by atoms with Crippen LogP contribution in [0.15, 0.2) is 0 Å². The molecule has 0 aromatic rings. The number of phosphoric acid groups is 1. The summed E-state index contributed by atoms with van der Waals surface area (Å²) in [5, 5.41) is 0. The van der Waals surface area contributed by atoms with E-state index in [0.29, 0.717) is 17.6 Å². The van der Waals surface area contributed by atoms with E-state index in [-0.39, 0.29) is 6.10 Å². The molecule has 0 saturated carbocycles. The van der Waals surface area contributed by atoms with Crippen molar-refractivity contribution >= 4 is 7.82 Å². The van der Waals surface area contributed by atoms with Crippen molar-refractivity contribution in [2.45, 2.75) is 123 Å². The van der Waals surface area contributed by atoms with Gasteiger partial charge < -0.3 is 9.38 Å². The van der Waals surface area contributed by atoms with Crippen LogP contribution in [-0.4, -0.2) is 49.8 Å². The maximum absolute atomic E-state index is 12.0. The third kappa shape index (κ3) is 22.7. The molecule has 0 aliphatic heterocycles. The lowest BCUT2D eigenvalue weighted by Gasteiger charge is -2.28. The Balaban J connectivity index is 3.39. The van der Waals surface area contributed by atoms with Gasteiger partial charge >= 0.3 is 7.82 Å². The molecule has 5 nitrogen and oxygen atoms in total. The molecule has 0 aliphatic rings. The van der Waals surface area contributed by atoms with Crippen LogP contribution in [0.5, 0.6) is 0 Å². The van der Waals surface area contributed by atoms with E-state index in [4.69, 9.17) is 9.05 Å². The van der Waals surface area contributed by atoms with Gasteiger partial charge in [-0.3, -0.25) is 9.05 Å². The van der Waals surface area contributed by atoms with Crippen molar-refractivity contribution in [3.63, 3.8) is 0 Å². The highest BCUT2D eigenvalue weighted by Crippen LogP contribution is 2.44. The zero-order valence-corrected chi connectivity index (χ0v) is 21.8. The molecule has 0 aromatic heterocycles. The van der Waals surface area contributed by atoms with Gasteiger partial charge in [-0.25, -0.2) is 4.57 Å². The van der Waals surface area contributed by atoms with E-state index >= 15 is 0 Å². The second-order valence-corrected chi connectivity index (χ2v) is 11.4. The van der Waals surface area contributed by atoms with Gasteiger partial charge in [0.05, 0.1) is 27.7 Å². The second-order valence-electron chi connectivity index (χ2n) is 9.99. The topological polar surface area (TPSA) is 55.8 Å². The summed E-state index contributed by atoms with van der Waals surface area (Å²) < 4.78 is 23.0. The largest absolute Gasteiger partial charge is 0.472 e. The van der Waals surface area contributed by atoms with E-state index in [0.717, 1.165) is 12.8 Å². The molecule has 0 aromatic carbocycles. The third-order valence-corrected chi connectivity index (χ3v) is 6.51. The zero-order valence-electron chi connectivity index (χ0n) is 20.9. The molecule has 0 saturated heterocycles. The minimum absolute atomic E-state index is 0.295. The Morgan fingerprint density at radius 2 is 1.10 bits per heavy atom. The minimum Gasteiger partial charge on any atom is -0.329 e. The highest BCUT2D eigenvalue weighted by atomic mass is 31.2. The number of phosphoric ester groups is 1. The molecule has 0 fully saturated rings. The summed E-state index contributed by atoms with van der Waals surface area (Å²) in [6.07, 6.45) is 20.7. The fraction of sp³-hybridized carbons (Fsp3) is 1.00. The monoisotopic (exact) mass is 450 g/mol. The van der Waals surface area contributed by atoms with Crippen molar-refractivity contribution in [2.75, 3.05) is 34.3 Å². The van der Waals surface area contributed by atoms with Gasteiger partial charge in [-0.2, -0.15) is 0 Å². The first kappa shape index (κ1) is 30.1. The summed E-state index contributed by atoms with van der Waals surface area (Å²) in [6, 6.07) is 0. The molecule has 1 N–H and O–H groups in total. The predicted molar refractivity (Wildman–Crippen MR) is 129 cm³/mol. The lowest BCUT2D eigenvalue weighted by Crippen LogP contribution is -2.41. The third-order valence-electron chi connectivity index (χ3n) is 5.37. The van der Waals surface area contributed by atoms with E-state index in [2.05, 4.69) is 6.92 Å². The summed E-state index contributed by atoms with van der Waals surface area (Å²) >= 11 is 0. The van der Waals surface area contributed by atoms with Gasteiger partial charge in [-0.05, 0) is 13.3 Å². The summed E-state index contributed by atoms with van der Waals surface area (Å²) in [7, 11) is 2.15. The van der Waals surface area contributed by atoms with Crippen molar-refractivity contribution < 1.29 is 23.0 Å². The second kappa shape index (κ2) is 18.6. The molecular weight excluding hydrogens is 397 g/mol. The average Bonchev–Trinajstić information content (AvgIpc) is 2.62. The van der Waals surface area contributed by atoms with Gasteiger partial charge in [0.25, 0.3) is 0 Å². The summed E-state index contributed by atoms with van der Waals surface area (Å²) in [6.45, 7) is 5.04. The first-order chi connectivity index (χ1) is 14.2. The number of rotatable bonds is 22. The molecule has 0 bridgehead atoms. The maximum Gasteiger partial charge on any atom is 0.472 e. The van der Waals surface area contributed by atoms with E-state index in [9.17, 15) is 9.46 Å². The number of unbranched alkanes of at least 4 members (excludes halogenated alkanes) is 15. The van der Waals surface area contributed by atoms with Crippen molar-refractivity contribution in [1.82, 2.24) is 0 Å². The van der Waals surface area contributed by atoms with Crippen LogP contribution in [0.3, 0.4) is 0 Å². The molecule has 2 atom stereocenters. The Morgan fingerprint density at radius 1 is 0.733 bits per heavy atom. The fourth-order valence-electron chi connectivity index (χ4n) is 3.89. The molecule has 0 amide bonds. The number of hydrogen-bond acceptors (Lipinski definition) is 3. The van der Waals surface area contributed by atoms with E-state index in [1.165, 1.54) is 89.9 Å². The summed E-state index contributed by atoms with van der Waals surface area (Å²) in [5.74, 6) is 0. The molecule has 30 heavy (non-hydrogen) atoms. The Hall–Kier alpha value is 0.0700. The Morgan fingerprint density at radius 3 is 1.47 bits per heavy atom. The van der Waals surface area contributed by atoms with Crippen molar-refractivity contribution in [3.05, 3.63) is 0 Å². The Kier molecular flexibility index (Phi) is 18.7. The molecule has 182 valence electrons. The highest BCUT2D eigenvalue weighted by molar-refractivity contribution is 7.47. The SMILES string of the molecule is CCCCCCCCCCCCCCCCCCOP(=O)(O)OC(C)C[N+](C)(C)C. The van der Waals surface area contributed by atoms with Gasteiger partial charge in [0, 0.05) is 0 Å². The smallest absolute Gasteiger partial charge is 0.329 e. The lowest BCUT2D eigenvalue weighted by molar-refractivity contribution is -0.873. The number of hydrogen-bond donors (Lipinski definition) is 1. The van der Waals surface area contributed by atoms with E-state index in [1.54, 1.807) is 0 Å². The minimum atomic E-state index is -3.93. The van der Waals surface area contributed by atoms with Crippen LogP contribution in [0.2, 0.25) is 0 Å². The Labute approximate surface area is 188 Å². The number of likely N-dealkylation sites (N-methyl/N-ethyl adjacent to an activating group) is 1. The number of quaternary nitrogens is 1. The van der Waals surface area contributed by atoms with Gasteiger partial charge in [-0.1, -0.05) is 103 Å². The molecule has 0 heterocycles. The zero-order chi connectivity index (χ0) is 22.7. The van der Waals surface area contributed by atoms with Crippen LogP contribution in [0.1, 0.15) is 117 Å². The van der Waals surface area contributed by atoms with Crippen LogP contribution in [-0.2, 0) is 13.6 Å². The molecule has 0 radical (unpaired) electrons. The van der Waals surface area contributed by atoms with Crippen molar-refractivity contribution in [3.8, 4) is 0 Å². The number of nitrogens with zero attached hydrogens (tertiary/aromatic N) is 1. The Bertz CT molecular complexity index is 426. The van der Waals surface area contributed by atoms with Gasteiger partial charge in [0.1, 0.15) is 12.6 Å². The fourth-order valence-corrected chi connectivity index (χ4v) is 4.83. The summed E-state index contributed by atoms with van der Waals surface area (Å²) in [4.78, 5) is 9.81. The van der Waals surface area contributed by atoms with Crippen LogP contribution in [0.4, 0.5) is 0 Å². The quantitative estimate of drug-likeness (QED) is 0.106. The van der Waals surface area contributed by atoms with Gasteiger partial charge in [0.15, 0.2) is 0 Å².